The van der Waals surface area contributed by atoms with Gasteiger partial charge in [0.15, 0.2) is 5.52 Å². The fourth-order valence-electron chi connectivity index (χ4n) is 4.64. The largest absolute Gasteiger partial charge is 0.493 e. The van der Waals surface area contributed by atoms with E-state index in [2.05, 4.69) is 29.1 Å². The van der Waals surface area contributed by atoms with Gasteiger partial charge in [-0.05, 0) is 56.2 Å². The minimum Gasteiger partial charge on any atom is -0.493 e. The highest BCUT2D eigenvalue weighted by Gasteiger charge is 2.22. The number of urea groups is 1. The number of carbonyl (C=O) groups is 1. The Labute approximate surface area is 192 Å². The Morgan fingerprint density at radius 3 is 2.70 bits per heavy atom. The minimum atomic E-state index is -0.347. The number of hydrogen-bond acceptors (Lipinski definition) is 5. The maximum absolute atomic E-state index is 12.9. The summed E-state index contributed by atoms with van der Waals surface area (Å²) in [7, 11) is 1.77. The molecule has 2 amide bonds. The van der Waals surface area contributed by atoms with Gasteiger partial charge in [-0.3, -0.25) is 9.48 Å². The van der Waals surface area contributed by atoms with Gasteiger partial charge in [-0.25, -0.2) is 9.78 Å². The minimum absolute atomic E-state index is 0.209. The molecular formula is C24H32N6O3. The Morgan fingerprint density at radius 1 is 1.27 bits per heavy atom. The first-order valence-electron chi connectivity index (χ1n) is 11.7. The van der Waals surface area contributed by atoms with Gasteiger partial charge in [-0.1, -0.05) is 19.4 Å². The van der Waals surface area contributed by atoms with E-state index in [1.807, 2.05) is 13.0 Å². The number of amides is 2. The zero-order valence-corrected chi connectivity index (χ0v) is 19.6. The standard InChI is InChI=1S/C24H32N6O3/c1-4-6-18-20-21(29(3)28-18)23(31)27-22(26-20)17-14-16(7-8-19(17)33-5-2)13-15-9-11-30(12-10-15)24(25)32/h7-8,14-15H,4-6,9-13H2,1-3H3,(H2,25,32)(H,26,27,31). The third-order valence-electron chi connectivity index (χ3n) is 6.30. The lowest BCUT2D eigenvalue weighted by molar-refractivity contribution is 0.179. The second-order valence-electron chi connectivity index (χ2n) is 8.67. The molecule has 2 aromatic heterocycles. The van der Waals surface area contributed by atoms with Crippen LogP contribution in [0.3, 0.4) is 0 Å². The Hall–Kier alpha value is -3.36. The van der Waals surface area contributed by atoms with Crippen molar-refractivity contribution in [2.75, 3.05) is 19.7 Å². The van der Waals surface area contributed by atoms with Crippen LogP contribution in [0.15, 0.2) is 23.0 Å². The number of hydrogen-bond donors (Lipinski definition) is 2. The van der Waals surface area contributed by atoms with Gasteiger partial charge in [0, 0.05) is 20.1 Å². The summed E-state index contributed by atoms with van der Waals surface area (Å²) in [6.45, 7) is 5.91. The average molecular weight is 453 g/mol. The topological polar surface area (TPSA) is 119 Å². The molecule has 3 heterocycles. The number of piperidine rings is 1. The van der Waals surface area contributed by atoms with Gasteiger partial charge in [0.05, 0.1) is 17.9 Å². The third-order valence-corrected chi connectivity index (χ3v) is 6.30. The van der Waals surface area contributed by atoms with Crippen LogP contribution in [0.1, 0.15) is 44.4 Å². The number of nitrogens with two attached hydrogens (primary N) is 1. The fraction of sp³-hybridized carbons (Fsp3) is 0.500. The second kappa shape index (κ2) is 9.64. The first-order chi connectivity index (χ1) is 15.9. The number of fused-ring (bicyclic) bond motifs is 1. The van der Waals surface area contributed by atoms with Gasteiger partial charge in [-0.2, -0.15) is 5.10 Å². The van der Waals surface area contributed by atoms with Gasteiger partial charge in [-0.15, -0.1) is 0 Å². The summed E-state index contributed by atoms with van der Waals surface area (Å²) in [4.78, 5) is 33.8. The predicted molar refractivity (Wildman–Crippen MR) is 127 cm³/mol. The number of aromatic amines is 1. The van der Waals surface area contributed by atoms with E-state index in [1.54, 1.807) is 16.6 Å². The summed E-state index contributed by atoms with van der Waals surface area (Å²) in [6, 6.07) is 5.73. The quantitative estimate of drug-likeness (QED) is 0.571. The van der Waals surface area contributed by atoms with Gasteiger partial charge in [0.2, 0.25) is 0 Å². The van der Waals surface area contributed by atoms with Crippen molar-refractivity contribution in [2.45, 2.75) is 46.0 Å². The predicted octanol–water partition coefficient (Wildman–Crippen LogP) is 3.01. The molecule has 3 N–H and O–H groups in total. The molecule has 3 aromatic rings. The van der Waals surface area contributed by atoms with Crippen LogP contribution in [0.5, 0.6) is 5.75 Å². The summed E-state index contributed by atoms with van der Waals surface area (Å²) in [5.74, 6) is 1.65. The van der Waals surface area contributed by atoms with Gasteiger partial charge >= 0.3 is 6.03 Å². The first-order valence-corrected chi connectivity index (χ1v) is 11.7. The lowest BCUT2D eigenvalue weighted by Crippen LogP contribution is -2.41. The van der Waals surface area contributed by atoms with Gasteiger partial charge in [0.25, 0.3) is 5.56 Å². The van der Waals surface area contributed by atoms with Crippen molar-refractivity contribution >= 4 is 17.1 Å². The molecule has 0 saturated carbocycles. The monoisotopic (exact) mass is 452 g/mol. The Balaban J connectivity index is 1.69. The smallest absolute Gasteiger partial charge is 0.314 e. The normalized spacial score (nSPS) is 14.7. The number of benzene rings is 1. The van der Waals surface area contributed by atoms with Gasteiger partial charge < -0.3 is 20.4 Å². The van der Waals surface area contributed by atoms with Crippen LogP contribution in [-0.2, 0) is 19.9 Å². The van der Waals surface area contributed by atoms with Crippen LogP contribution in [-0.4, -0.2) is 50.4 Å². The average Bonchev–Trinajstić information content (AvgIpc) is 3.11. The SMILES string of the molecule is CCCc1nn(C)c2c(=O)[nH]c(-c3cc(CC4CCN(C(N)=O)CC4)ccc3OCC)nc12. The van der Waals surface area contributed by atoms with Crippen molar-refractivity contribution in [3.63, 3.8) is 0 Å². The third kappa shape index (κ3) is 4.72. The van der Waals surface area contributed by atoms with Crippen molar-refractivity contribution in [3.8, 4) is 17.1 Å². The lowest BCUT2D eigenvalue weighted by atomic mass is 9.89. The zero-order valence-electron chi connectivity index (χ0n) is 19.6. The highest BCUT2D eigenvalue weighted by molar-refractivity contribution is 5.80. The molecule has 1 fully saturated rings. The molecule has 1 aromatic carbocycles. The highest BCUT2D eigenvalue weighted by atomic mass is 16.5. The number of H-pyrrole nitrogens is 1. The Bertz CT molecular complexity index is 1210. The summed E-state index contributed by atoms with van der Waals surface area (Å²) < 4.78 is 7.48. The van der Waals surface area contributed by atoms with E-state index in [4.69, 9.17) is 15.5 Å². The van der Waals surface area contributed by atoms with Crippen molar-refractivity contribution < 1.29 is 9.53 Å². The van der Waals surface area contributed by atoms with Crippen molar-refractivity contribution in [3.05, 3.63) is 39.8 Å². The van der Waals surface area contributed by atoms with E-state index in [0.717, 1.165) is 48.9 Å². The summed E-state index contributed by atoms with van der Waals surface area (Å²) in [6.07, 6.45) is 4.40. The summed E-state index contributed by atoms with van der Waals surface area (Å²) in [5.41, 5.74) is 9.08. The molecule has 0 unspecified atom stereocenters. The molecule has 0 spiro atoms. The molecule has 1 saturated heterocycles. The molecule has 9 heteroatoms. The number of aromatic nitrogens is 4. The van der Waals surface area contributed by atoms with Crippen LogP contribution < -0.4 is 16.0 Å². The van der Waals surface area contributed by atoms with Crippen molar-refractivity contribution in [2.24, 2.45) is 18.7 Å². The lowest BCUT2D eigenvalue weighted by Gasteiger charge is -2.30. The number of primary amides is 1. The molecular weight excluding hydrogens is 420 g/mol. The molecule has 9 nitrogen and oxygen atoms in total. The number of nitrogens with one attached hydrogen (secondary N) is 1. The number of aryl methyl sites for hydroxylation is 2. The van der Waals surface area contributed by atoms with Crippen LogP contribution in [0, 0.1) is 5.92 Å². The van der Waals surface area contributed by atoms with Crippen LogP contribution in [0.4, 0.5) is 4.79 Å². The fourth-order valence-corrected chi connectivity index (χ4v) is 4.64. The maximum Gasteiger partial charge on any atom is 0.314 e. The van der Waals surface area contributed by atoms with Crippen LogP contribution >= 0.6 is 0 Å². The van der Waals surface area contributed by atoms with Crippen LogP contribution in [0.2, 0.25) is 0 Å². The van der Waals surface area contributed by atoms with Crippen molar-refractivity contribution in [1.29, 1.82) is 0 Å². The maximum atomic E-state index is 12.9. The first kappa shape index (κ1) is 22.8. The van der Waals surface area contributed by atoms with Crippen LogP contribution in [0.25, 0.3) is 22.4 Å². The molecule has 1 aliphatic rings. The molecule has 176 valence electrons. The van der Waals surface area contributed by atoms with E-state index >= 15 is 0 Å². The van der Waals surface area contributed by atoms with E-state index in [1.165, 1.54) is 0 Å². The van der Waals surface area contributed by atoms with E-state index in [-0.39, 0.29) is 11.6 Å². The Morgan fingerprint density at radius 2 is 2.03 bits per heavy atom. The number of ether oxygens (including phenoxy) is 1. The van der Waals surface area contributed by atoms with E-state index in [9.17, 15) is 9.59 Å². The molecule has 0 atom stereocenters. The molecule has 0 radical (unpaired) electrons. The zero-order chi connectivity index (χ0) is 23.5. The molecule has 0 aliphatic carbocycles. The highest BCUT2D eigenvalue weighted by Crippen LogP contribution is 2.31. The number of rotatable bonds is 7. The Kier molecular flexibility index (Phi) is 6.67. The number of likely N-dealkylation sites (tertiary alicyclic amines) is 1. The summed E-state index contributed by atoms with van der Waals surface area (Å²) in [5, 5.41) is 4.51. The van der Waals surface area contributed by atoms with E-state index < -0.39 is 0 Å². The second-order valence-corrected chi connectivity index (χ2v) is 8.67. The molecule has 4 rings (SSSR count). The van der Waals surface area contributed by atoms with Gasteiger partial charge in [0.1, 0.15) is 17.1 Å². The molecule has 0 bridgehead atoms. The molecule has 33 heavy (non-hydrogen) atoms. The van der Waals surface area contributed by atoms with Crippen molar-refractivity contribution in [1.82, 2.24) is 24.6 Å². The number of nitrogens with zero attached hydrogens (tertiary/aromatic N) is 4. The molecule has 1 aliphatic heterocycles. The number of carbonyl (C=O) groups excluding carboxylic acids is 1. The van der Waals surface area contributed by atoms with E-state index in [0.29, 0.717) is 48.2 Å². The summed E-state index contributed by atoms with van der Waals surface area (Å²) >= 11 is 0.